The first kappa shape index (κ1) is 16.5. The van der Waals surface area contributed by atoms with Crippen LogP contribution in [0.3, 0.4) is 0 Å². The lowest BCUT2D eigenvalue weighted by Gasteiger charge is -2.11. The summed E-state index contributed by atoms with van der Waals surface area (Å²) < 4.78 is 9.89. The van der Waals surface area contributed by atoms with Gasteiger partial charge in [0.15, 0.2) is 11.0 Å². The Morgan fingerprint density at radius 3 is 2.62 bits per heavy atom. The van der Waals surface area contributed by atoms with Gasteiger partial charge >= 0.3 is 0 Å². The Kier molecular flexibility index (Phi) is 4.58. The molecule has 1 heterocycles. The van der Waals surface area contributed by atoms with Gasteiger partial charge in [-0.05, 0) is 61.7 Å². The number of benzene rings is 2. The lowest BCUT2D eigenvalue weighted by molar-refractivity contribution is -0.645. The van der Waals surface area contributed by atoms with Crippen molar-refractivity contribution in [3.63, 3.8) is 0 Å². The number of fused-ring (bicyclic) bond motifs is 1. The van der Waals surface area contributed by atoms with Gasteiger partial charge in [0.25, 0.3) is 0 Å². The van der Waals surface area contributed by atoms with Crippen LogP contribution in [0.15, 0.2) is 42.7 Å². The van der Waals surface area contributed by atoms with Crippen LogP contribution in [0.5, 0.6) is 5.75 Å². The third-order valence-electron chi connectivity index (χ3n) is 4.43. The molecule has 1 unspecified atom stereocenters. The number of aliphatic hydroxyl groups excluding tert-OH is 1. The monoisotopic (exact) mass is 325 g/mol. The highest BCUT2D eigenvalue weighted by molar-refractivity contribution is 5.74. The second kappa shape index (κ2) is 6.65. The van der Waals surface area contributed by atoms with Gasteiger partial charge in [0.1, 0.15) is 25.0 Å². The van der Waals surface area contributed by atoms with Gasteiger partial charge in [-0.3, -0.25) is 0 Å². The highest BCUT2D eigenvalue weighted by Crippen LogP contribution is 2.18. The fourth-order valence-electron chi connectivity index (χ4n) is 2.95. The van der Waals surface area contributed by atoms with Crippen LogP contribution in [-0.4, -0.2) is 22.4 Å². The van der Waals surface area contributed by atoms with Gasteiger partial charge in [0, 0.05) is 0 Å². The molecule has 0 aliphatic carbocycles. The number of imidazole rings is 1. The van der Waals surface area contributed by atoms with Crippen molar-refractivity contribution in [1.82, 2.24) is 4.57 Å². The van der Waals surface area contributed by atoms with Crippen LogP contribution in [0.25, 0.3) is 11.0 Å². The highest BCUT2D eigenvalue weighted by Gasteiger charge is 2.18. The summed E-state index contributed by atoms with van der Waals surface area (Å²) in [6.45, 7) is 7.04. The first-order chi connectivity index (χ1) is 11.4. The minimum absolute atomic E-state index is 0.275. The Labute approximate surface area is 142 Å². The number of aromatic nitrogens is 2. The van der Waals surface area contributed by atoms with Gasteiger partial charge in [0.2, 0.25) is 6.33 Å². The molecule has 0 aliphatic rings. The van der Waals surface area contributed by atoms with Gasteiger partial charge in [-0.1, -0.05) is 12.1 Å². The third kappa shape index (κ3) is 3.44. The predicted octanol–water partition coefficient (Wildman–Crippen LogP) is 2.83. The minimum atomic E-state index is -0.567. The lowest BCUT2D eigenvalue weighted by atomic mass is 10.1. The second-order valence-corrected chi connectivity index (χ2v) is 6.59. The van der Waals surface area contributed by atoms with Crippen LogP contribution in [0.1, 0.15) is 16.7 Å². The molecule has 0 aliphatic heterocycles. The van der Waals surface area contributed by atoms with E-state index >= 15 is 0 Å². The Hall–Kier alpha value is -2.33. The molecule has 3 rings (SSSR count). The standard InChI is InChI=1S/C20H25N2O2/c1-14-6-5-7-18(8-14)24-12-17(23)11-22-13-21(4)19-9-15(2)16(3)10-20(19)22/h5-10,13,17,23H,11-12H2,1-4H3/q+1. The smallest absolute Gasteiger partial charge is 0.244 e. The number of rotatable bonds is 5. The molecule has 1 aromatic heterocycles. The molecule has 1 atom stereocenters. The molecular weight excluding hydrogens is 300 g/mol. The van der Waals surface area contributed by atoms with Crippen molar-refractivity contribution in [2.45, 2.75) is 33.4 Å². The van der Waals surface area contributed by atoms with Gasteiger partial charge in [-0.15, -0.1) is 0 Å². The summed E-state index contributed by atoms with van der Waals surface area (Å²) in [6.07, 6.45) is 1.46. The number of hydrogen-bond acceptors (Lipinski definition) is 2. The van der Waals surface area contributed by atoms with Crippen LogP contribution >= 0.6 is 0 Å². The molecule has 24 heavy (non-hydrogen) atoms. The number of hydrogen-bond donors (Lipinski definition) is 1. The molecule has 0 saturated heterocycles. The highest BCUT2D eigenvalue weighted by atomic mass is 16.5. The van der Waals surface area contributed by atoms with E-state index in [-0.39, 0.29) is 6.61 Å². The van der Waals surface area contributed by atoms with Crippen molar-refractivity contribution in [3.05, 3.63) is 59.4 Å². The van der Waals surface area contributed by atoms with Gasteiger partial charge in [-0.2, -0.15) is 0 Å². The van der Waals surface area contributed by atoms with Gasteiger partial charge in [-0.25, -0.2) is 9.13 Å². The van der Waals surface area contributed by atoms with Crippen molar-refractivity contribution in [2.75, 3.05) is 6.61 Å². The molecule has 0 bridgehead atoms. The summed E-state index contributed by atoms with van der Waals surface area (Å²) >= 11 is 0. The Balaban J connectivity index is 1.73. The van der Waals surface area contributed by atoms with E-state index in [1.54, 1.807) is 0 Å². The van der Waals surface area contributed by atoms with Crippen molar-refractivity contribution >= 4 is 11.0 Å². The number of nitrogens with zero attached hydrogens (tertiary/aromatic N) is 2. The quantitative estimate of drug-likeness (QED) is 0.733. The fraction of sp³-hybridized carbons (Fsp3) is 0.350. The maximum absolute atomic E-state index is 10.4. The largest absolute Gasteiger partial charge is 0.491 e. The average molecular weight is 325 g/mol. The SMILES string of the molecule is Cc1cccc(OCC(O)Cn2c[n+](C)c3cc(C)c(C)cc32)c1. The van der Waals surface area contributed by atoms with Crippen molar-refractivity contribution in [2.24, 2.45) is 7.05 Å². The molecule has 0 radical (unpaired) electrons. The molecule has 0 fully saturated rings. The van der Waals surface area contributed by atoms with Crippen LogP contribution in [0.2, 0.25) is 0 Å². The number of aliphatic hydroxyl groups is 1. The van der Waals surface area contributed by atoms with Crippen LogP contribution in [-0.2, 0) is 13.6 Å². The summed E-state index contributed by atoms with van der Waals surface area (Å²) in [5.74, 6) is 0.795. The Bertz CT molecular complexity index is 867. The summed E-state index contributed by atoms with van der Waals surface area (Å²) in [5, 5.41) is 10.4. The molecule has 1 N–H and O–H groups in total. The van der Waals surface area contributed by atoms with E-state index in [2.05, 4.69) is 35.1 Å². The molecule has 4 nitrogen and oxygen atoms in total. The normalized spacial score (nSPS) is 12.5. The number of ether oxygens (including phenoxy) is 1. The Morgan fingerprint density at radius 1 is 1.12 bits per heavy atom. The van der Waals surface area contributed by atoms with Crippen molar-refractivity contribution in [1.29, 1.82) is 0 Å². The van der Waals surface area contributed by atoms with Crippen LogP contribution < -0.4 is 9.30 Å². The first-order valence-corrected chi connectivity index (χ1v) is 8.27. The maximum Gasteiger partial charge on any atom is 0.244 e. The molecule has 2 aromatic carbocycles. The average Bonchev–Trinajstić information content (AvgIpc) is 2.82. The minimum Gasteiger partial charge on any atom is -0.491 e. The molecule has 3 aromatic rings. The van der Waals surface area contributed by atoms with Gasteiger partial charge < -0.3 is 9.84 Å². The zero-order valence-electron chi connectivity index (χ0n) is 14.8. The fourth-order valence-corrected chi connectivity index (χ4v) is 2.95. The van der Waals surface area contributed by atoms with Gasteiger partial charge in [0.05, 0.1) is 7.05 Å². The van der Waals surface area contributed by atoms with E-state index in [4.69, 9.17) is 4.74 Å². The van der Waals surface area contributed by atoms with Crippen molar-refractivity contribution < 1.29 is 14.4 Å². The van der Waals surface area contributed by atoms with E-state index in [0.29, 0.717) is 6.54 Å². The third-order valence-corrected chi connectivity index (χ3v) is 4.43. The maximum atomic E-state index is 10.4. The molecule has 0 amide bonds. The summed E-state index contributed by atoms with van der Waals surface area (Å²) in [4.78, 5) is 0. The molecule has 126 valence electrons. The van der Waals surface area contributed by atoms with E-state index in [0.717, 1.165) is 16.8 Å². The summed E-state index contributed by atoms with van der Waals surface area (Å²) in [7, 11) is 2.03. The molecule has 4 heteroatoms. The van der Waals surface area contributed by atoms with E-state index < -0.39 is 6.10 Å². The molecule has 0 saturated carbocycles. The Morgan fingerprint density at radius 2 is 1.88 bits per heavy atom. The number of aryl methyl sites for hydroxylation is 4. The van der Waals surface area contributed by atoms with Crippen molar-refractivity contribution in [3.8, 4) is 5.75 Å². The summed E-state index contributed by atoms with van der Waals surface area (Å²) in [6, 6.07) is 12.2. The topological polar surface area (TPSA) is 38.3 Å². The molecular formula is C20H25N2O2+. The van der Waals surface area contributed by atoms with E-state index in [1.165, 1.54) is 16.6 Å². The predicted molar refractivity (Wildman–Crippen MR) is 95.3 cm³/mol. The molecule has 0 spiro atoms. The first-order valence-electron chi connectivity index (χ1n) is 8.27. The van der Waals surface area contributed by atoms with E-state index in [9.17, 15) is 5.11 Å². The van der Waals surface area contributed by atoms with Crippen LogP contribution in [0.4, 0.5) is 0 Å². The zero-order chi connectivity index (χ0) is 17.3. The van der Waals surface area contributed by atoms with E-state index in [1.807, 2.05) is 44.6 Å². The second-order valence-electron chi connectivity index (χ2n) is 6.59. The summed E-state index contributed by atoms with van der Waals surface area (Å²) in [5.41, 5.74) is 5.99. The zero-order valence-corrected chi connectivity index (χ0v) is 14.8. The van der Waals surface area contributed by atoms with Crippen LogP contribution in [0, 0.1) is 20.8 Å². The lowest BCUT2D eigenvalue weighted by Crippen LogP contribution is -2.27.